The Labute approximate surface area is 108 Å². The van der Waals surface area contributed by atoms with Crippen LogP contribution in [0.15, 0.2) is 29.6 Å². The van der Waals surface area contributed by atoms with Gasteiger partial charge in [-0.3, -0.25) is 0 Å². The second-order valence-corrected chi connectivity index (χ2v) is 5.53. The Kier molecular flexibility index (Phi) is 2.65. The summed E-state index contributed by atoms with van der Waals surface area (Å²) in [7, 11) is 0. The van der Waals surface area contributed by atoms with E-state index in [9.17, 15) is 0 Å². The van der Waals surface area contributed by atoms with Crippen LogP contribution in [0.25, 0.3) is 11.0 Å². The van der Waals surface area contributed by atoms with Gasteiger partial charge in [0.1, 0.15) is 5.82 Å². The van der Waals surface area contributed by atoms with Gasteiger partial charge in [-0.15, -0.1) is 11.3 Å². The second-order valence-electron chi connectivity index (χ2n) is 4.05. The van der Waals surface area contributed by atoms with Crippen LogP contribution in [0.5, 0.6) is 0 Å². The van der Waals surface area contributed by atoms with Crippen molar-refractivity contribution in [2.75, 3.05) is 0 Å². The molecule has 0 amide bonds. The molecule has 0 bridgehead atoms. The minimum atomic E-state index is 0.767. The first kappa shape index (κ1) is 10.8. The number of halogens is 1. The van der Waals surface area contributed by atoms with Crippen LogP contribution in [0, 0.1) is 6.92 Å². The highest BCUT2D eigenvalue weighted by Crippen LogP contribution is 2.29. The quantitative estimate of drug-likeness (QED) is 0.738. The number of para-hydroxylation sites is 2. The van der Waals surface area contributed by atoms with Gasteiger partial charge >= 0.3 is 0 Å². The lowest BCUT2D eigenvalue weighted by molar-refractivity contribution is 1.03. The van der Waals surface area contributed by atoms with Crippen LogP contribution in [-0.2, 0) is 6.42 Å². The molecule has 3 aromatic rings. The number of fused-ring (bicyclic) bond motifs is 1. The Morgan fingerprint density at radius 2 is 2.18 bits per heavy atom. The van der Waals surface area contributed by atoms with Crippen LogP contribution in [0.2, 0.25) is 4.34 Å². The number of nitrogens with one attached hydrogen (secondary N) is 1. The summed E-state index contributed by atoms with van der Waals surface area (Å²) in [6.07, 6.45) is 0.767. The molecule has 0 atom stereocenters. The number of thiophene rings is 1. The van der Waals surface area contributed by atoms with Gasteiger partial charge in [0.15, 0.2) is 0 Å². The van der Waals surface area contributed by atoms with Crippen molar-refractivity contribution in [3.8, 4) is 0 Å². The smallest absolute Gasteiger partial charge is 0.111 e. The van der Waals surface area contributed by atoms with Gasteiger partial charge < -0.3 is 4.98 Å². The molecule has 86 valence electrons. The predicted molar refractivity (Wildman–Crippen MR) is 73.0 cm³/mol. The first-order valence-corrected chi connectivity index (χ1v) is 6.66. The monoisotopic (exact) mass is 262 g/mol. The molecule has 0 saturated carbocycles. The molecular weight excluding hydrogens is 252 g/mol. The lowest BCUT2D eigenvalue weighted by atomic mass is 10.1. The van der Waals surface area contributed by atoms with E-state index >= 15 is 0 Å². The minimum Gasteiger partial charge on any atom is -0.342 e. The van der Waals surface area contributed by atoms with E-state index in [1.807, 2.05) is 24.3 Å². The molecule has 2 nitrogen and oxygen atoms in total. The summed E-state index contributed by atoms with van der Waals surface area (Å²) in [5, 5.41) is 2.08. The molecule has 0 aliphatic heterocycles. The molecule has 2 aromatic heterocycles. The molecule has 4 heteroatoms. The van der Waals surface area contributed by atoms with Crippen molar-refractivity contribution in [1.29, 1.82) is 0 Å². The lowest BCUT2D eigenvalue weighted by Gasteiger charge is -1.97. The molecule has 0 radical (unpaired) electrons. The zero-order chi connectivity index (χ0) is 11.8. The van der Waals surface area contributed by atoms with Crippen LogP contribution in [0.3, 0.4) is 0 Å². The normalized spacial score (nSPS) is 11.2. The van der Waals surface area contributed by atoms with Crippen molar-refractivity contribution in [3.63, 3.8) is 0 Å². The maximum atomic E-state index is 6.17. The number of benzene rings is 1. The average Bonchev–Trinajstić information content (AvgIpc) is 2.87. The number of aromatic amines is 1. The van der Waals surface area contributed by atoms with E-state index < -0.39 is 0 Å². The number of aromatic nitrogens is 2. The van der Waals surface area contributed by atoms with E-state index in [4.69, 9.17) is 11.6 Å². The standard InChI is InChI=1S/C13H11ClN2S/c1-8-7-17-13(14)9(8)6-12-15-10-4-2-3-5-11(10)16-12/h2-5,7H,6H2,1H3,(H,15,16). The summed E-state index contributed by atoms with van der Waals surface area (Å²) < 4.78 is 0.864. The van der Waals surface area contributed by atoms with E-state index in [0.29, 0.717) is 0 Å². The van der Waals surface area contributed by atoms with Crippen LogP contribution in [-0.4, -0.2) is 9.97 Å². The third-order valence-electron chi connectivity index (χ3n) is 2.84. The number of rotatable bonds is 2. The molecule has 17 heavy (non-hydrogen) atoms. The molecule has 2 heterocycles. The second kappa shape index (κ2) is 4.17. The minimum absolute atomic E-state index is 0.767. The number of H-pyrrole nitrogens is 1. The molecule has 0 saturated heterocycles. The molecule has 1 aromatic carbocycles. The SMILES string of the molecule is Cc1csc(Cl)c1Cc1nc2ccccc2[nH]1. The molecule has 0 unspecified atom stereocenters. The maximum absolute atomic E-state index is 6.17. The zero-order valence-corrected chi connectivity index (χ0v) is 10.9. The molecule has 0 spiro atoms. The van der Waals surface area contributed by atoms with Crippen molar-refractivity contribution < 1.29 is 0 Å². The molecule has 0 aliphatic rings. The largest absolute Gasteiger partial charge is 0.342 e. The number of hydrogen-bond donors (Lipinski definition) is 1. The first-order chi connectivity index (χ1) is 8.24. The van der Waals surface area contributed by atoms with Gasteiger partial charge in [0.25, 0.3) is 0 Å². The Morgan fingerprint density at radius 3 is 2.88 bits per heavy atom. The first-order valence-electron chi connectivity index (χ1n) is 5.40. The zero-order valence-electron chi connectivity index (χ0n) is 9.33. The molecule has 0 fully saturated rings. The van der Waals surface area contributed by atoms with Gasteiger partial charge in [0.05, 0.1) is 15.4 Å². The Balaban J connectivity index is 2.00. The van der Waals surface area contributed by atoms with E-state index in [1.165, 1.54) is 11.1 Å². The fourth-order valence-electron chi connectivity index (χ4n) is 1.90. The summed E-state index contributed by atoms with van der Waals surface area (Å²) in [5.74, 6) is 0.967. The van der Waals surface area contributed by atoms with Crippen LogP contribution in [0.4, 0.5) is 0 Å². The van der Waals surface area contributed by atoms with Crippen molar-refractivity contribution in [3.05, 3.63) is 50.9 Å². The van der Waals surface area contributed by atoms with Crippen molar-refractivity contribution >= 4 is 34.0 Å². The van der Waals surface area contributed by atoms with Crippen LogP contribution >= 0.6 is 22.9 Å². The van der Waals surface area contributed by atoms with E-state index in [2.05, 4.69) is 22.3 Å². The topological polar surface area (TPSA) is 28.7 Å². The highest BCUT2D eigenvalue weighted by molar-refractivity contribution is 7.14. The summed E-state index contributed by atoms with van der Waals surface area (Å²) >= 11 is 7.75. The summed E-state index contributed by atoms with van der Waals surface area (Å²) in [5.41, 5.74) is 4.49. The highest BCUT2D eigenvalue weighted by atomic mass is 35.5. The summed E-state index contributed by atoms with van der Waals surface area (Å²) in [6, 6.07) is 8.05. The number of hydrogen-bond acceptors (Lipinski definition) is 2. The van der Waals surface area contributed by atoms with Gasteiger partial charge in [-0.05, 0) is 35.6 Å². The third kappa shape index (κ3) is 1.96. The van der Waals surface area contributed by atoms with E-state index in [-0.39, 0.29) is 0 Å². The molecule has 0 aliphatic carbocycles. The Bertz CT molecular complexity index is 616. The maximum Gasteiger partial charge on any atom is 0.111 e. The molecule has 1 N–H and O–H groups in total. The van der Waals surface area contributed by atoms with Gasteiger partial charge in [-0.2, -0.15) is 0 Å². The number of aryl methyl sites for hydroxylation is 1. The average molecular weight is 263 g/mol. The van der Waals surface area contributed by atoms with E-state index in [1.54, 1.807) is 11.3 Å². The third-order valence-corrected chi connectivity index (χ3v) is 4.26. The van der Waals surface area contributed by atoms with Gasteiger partial charge in [0, 0.05) is 6.42 Å². The highest BCUT2D eigenvalue weighted by Gasteiger charge is 2.10. The van der Waals surface area contributed by atoms with Crippen LogP contribution in [0.1, 0.15) is 17.0 Å². The number of imidazole rings is 1. The number of nitrogens with zero attached hydrogens (tertiary/aromatic N) is 1. The Morgan fingerprint density at radius 1 is 1.35 bits per heavy atom. The van der Waals surface area contributed by atoms with Gasteiger partial charge in [0.2, 0.25) is 0 Å². The van der Waals surface area contributed by atoms with Crippen molar-refractivity contribution in [2.45, 2.75) is 13.3 Å². The predicted octanol–water partition coefficient (Wildman–Crippen LogP) is 4.18. The van der Waals surface area contributed by atoms with Gasteiger partial charge in [-0.1, -0.05) is 23.7 Å². The molecule has 3 rings (SSSR count). The Hall–Kier alpha value is -1.32. The van der Waals surface area contributed by atoms with Gasteiger partial charge in [-0.25, -0.2) is 4.98 Å². The summed E-state index contributed by atoms with van der Waals surface area (Å²) in [4.78, 5) is 7.88. The van der Waals surface area contributed by atoms with Crippen molar-refractivity contribution in [2.24, 2.45) is 0 Å². The van der Waals surface area contributed by atoms with Crippen LogP contribution < -0.4 is 0 Å². The van der Waals surface area contributed by atoms with Crippen molar-refractivity contribution in [1.82, 2.24) is 9.97 Å². The molecular formula is C13H11ClN2S. The summed E-state index contributed by atoms with van der Waals surface area (Å²) in [6.45, 7) is 2.08. The fraction of sp³-hybridized carbons (Fsp3) is 0.154. The van der Waals surface area contributed by atoms with E-state index in [0.717, 1.165) is 27.6 Å². The lowest BCUT2D eigenvalue weighted by Crippen LogP contribution is -1.91. The fourth-order valence-corrected chi connectivity index (χ4v) is 3.05.